The van der Waals surface area contributed by atoms with Crippen molar-refractivity contribution in [1.29, 1.82) is 0 Å². The molecule has 1 aliphatic carbocycles. The van der Waals surface area contributed by atoms with Gasteiger partial charge in [0, 0.05) is 0 Å². The minimum absolute atomic E-state index is 0.0325. The lowest BCUT2D eigenvalue weighted by Crippen LogP contribution is -2.18. The van der Waals surface area contributed by atoms with Crippen LogP contribution in [-0.4, -0.2) is 15.0 Å². The van der Waals surface area contributed by atoms with Crippen LogP contribution in [0.15, 0.2) is 36.7 Å². The number of aromatic nitrogens is 3. The molecule has 1 aliphatic rings. The van der Waals surface area contributed by atoms with Gasteiger partial charge in [-0.2, -0.15) is 0 Å². The minimum Gasteiger partial charge on any atom is -0.384 e. The monoisotopic (exact) mass is 309 g/mol. The van der Waals surface area contributed by atoms with Crippen LogP contribution in [0.3, 0.4) is 0 Å². The quantitative estimate of drug-likeness (QED) is 0.760. The largest absolute Gasteiger partial charge is 0.384 e. The fourth-order valence-corrected chi connectivity index (χ4v) is 3.16. The highest BCUT2D eigenvalue weighted by atomic mass is 19.1. The lowest BCUT2D eigenvalue weighted by atomic mass is 9.87. The van der Waals surface area contributed by atoms with Crippen molar-refractivity contribution in [2.45, 2.75) is 25.3 Å². The summed E-state index contributed by atoms with van der Waals surface area (Å²) in [5, 5.41) is 4.24. The van der Waals surface area contributed by atoms with Gasteiger partial charge in [0.25, 0.3) is 0 Å². The van der Waals surface area contributed by atoms with Gasteiger partial charge in [0.1, 0.15) is 23.8 Å². The molecule has 23 heavy (non-hydrogen) atoms. The highest BCUT2D eigenvalue weighted by Crippen LogP contribution is 2.33. The van der Waals surface area contributed by atoms with E-state index in [0.717, 1.165) is 30.2 Å². The second-order valence-corrected chi connectivity index (χ2v) is 5.76. The van der Waals surface area contributed by atoms with Crippen LogP contribution in [0.5, 0.6) is 0 Å². The lowest BCUT2D eigenvalue weighted by Gasteiger charge is -2.27. The van der Waals surface area contributed by atoms with Gasteiger partial charge in [-0.05, 0) is 54.7 Å². The standard InChI is InChI=1S/C17H16FN5/c18-11-5-4-10-2-1-3-14(13(10)8-11)22-16-12-6-7-15(19)23-17(12)21-9-20-16/h4-9,14H,1-3H2,(H3,19,20,21,22,23). The van der Waals surface area contributed by atoms with E-state index in [4.69, 9.17) is 5.73 Å². The van der Waals surface area contributed by atoms with E-state index in [0.29, 0.717) is 17.3 Å². The number of benzene rings is 1. The molecular formula is C17H16FN5. The number of hydrogen-bond acceptors (Lipinski definition) is 5. The molecule has 116 valence electrons. The fraction of sp³-hybridized carbons (Fsp3) is 0.235. The van der Waals surface area contributed by atoms with Crippen molar-refractivity contribution in [2.75, 3.05) is 11.1 Å². The van der Waals surface area contributed by atoms with Gasteiger partial charge in [0.05, 0.1) is 11.4 Å². The van der Waals surface area contributed by atoms with Crippen molar-refractivity contribution in [1.82, 2.24) is 15.0 Å². The van der Waals surface area contributed by atoms with Crippen molar-refractivity contribution in [2.24, 2.45) is 0 Å². The van der Waals surface area contributed by atoms with Gasteiger partial charge in [0.2, 0.25) is 0 Å². The third-order valence-corrected chi connectivity index (χ3v) is 4.25. The zero-order chi connectivity index (χ0) is 15.8. The maximum absolute atomic E-state index is 13.6. The lowest BCUT2D eigenvalue weighted by molar-refractivity contribution is 0.579. The Labute approximate surface area is 132 Å². The van der Waals surface area contributed by atoms with Gasteiger partial charge in [-0.15, -0.1) is 0 Å². The van der Waals surface area contributed by atoms with Crippen LogP contribution in [-0.2, 0) is 6.42 Å². The third kappa shape index (κ3) is 2.56. The molecule has 3 aromatic rings. The maximum Gasteiger partial charge on any atom is 0.166 e. The average Bonchev–Trinajstić information content (AvgIpc) is 2.55. The normalized spacial score (nSPS) is 17.0. The predicted molar refractivity (Wildman–Crippen MR) is 87.4 cm³/mol. The molecule has 6 heteroatoms. The van der Waals surface area contributed by atoms with Gasteiger partial charge in [-0.1, -0.05) is 6.07 Å². The molecule has 0 saturated heterocycles. The molecule has 0 radical (unpaired) electrons. The first-order chi connectivity index (χ1) is 11.2. The molecule has 0 amide bonds. The molecule has 0 saturated carbocycles. The molecule has 4 rings (SSSR count). The van der Waals surface area contributed by atoms with E-state index in [1.807, 2.05) is 12.1 Å². The molecular weight excluding hydrogens is 293 g/mol. The number of nitrogens with two attached hydrogens (primary N) is 1. The number of aryl methyl sites for hydroxylation is 1. The van der Waals surface area contributed by atoms with E-state index in [2.05, 4.69) is 20.3 Å². The second-order valence-electron chi connectivity index (χ2n) is 5.76. The summed E-state index contributed by atoms with van der Waals surface area (Å²) in [7, 11) is 0. The smallest absolute Gasteiger partial charge is 0.166 e. The van der Waals surface area contributed by atoms with E-state index >= 15 is 0 Å². The Hall–Kier alpha value is -2.76. The number of nitrogens with one attached hydrogen (secondary N) is 1. The summed E-state index contributed by atoms with van der Waals surface area (Å²) < 4.78 is 13.6. The number of halogens is 1. The van der Waals surface area contributed by atoms with E-state index in [-0.39, 0.29) is 11.9 Å². The Kier molecular flexibility index (Phi) is 3.29. The first-order valence-electron chi connectivity index (χ1n) is 7.63. The summed E-state index contributed by atoms with van der Waals surface area (Å²) in [6.45, 7) is 0. The van der Waals surface area contributed by atoms with Crippen LogP contribution in [0.2, 0.25) is 0 Å². The van der Waals surface area contributed by atoms with Crippen molar-refractivity contribution < 1.29 is 4.39 Å². The molecule has 0 fully saturated rings. The Morgan fingerprint density at radius 2 is 2.09 bits per heavy atom. The van der Waals surface area contributed by atoms with Crippen LogP contribution in [0.1, 0.15) is 30.0 Å². The number of hydrogen-bond donors (Lipinski definition) is 2. The summed E-state index contributed by atoms with van der Waals surface area (Å²) >= 11 is 0. The number of nitrogen functional groups attached to an aromatic ring is 1. The number of pyridine rings is 1. The molecule has 3 N–H and O–H groups in total. The zero-order valence-electron chi connectivity index (χ0n) is 12.5. The van der Waals surface area contributed by atoms with Gasteiger partial charge >= 0.3 is 0 Å². The van der Waals surface area contributed by atoms with Gasteiger partial charge in [-0.3, -0.25) is 0 Å². The third-order valence-electron chi connectivity index (χ3n) is 4.25. The summed E-state index contributed by atoms with van der Waals surface area (Å²) in [5.74, 6) is 0.913. The summed E-state index contributed by atoms with van der Waals surface area (Å²) in [4.78, 5) is 12.7. The number of fused-ring (bicyclic) bond motifs is 2. The first-order valence-corrected chi connectivity index (χ1v) is 7.63. The Morgan fingerprint density at radius 3 is 3.00 bits per heavy atom. The minimum atomic E-state index is -0.209. The Balaban J connectivity index is 1.74. The van der Waals surface area contributed by atoms with Gasteiger partial charge in [-0.25, -0.2) is 19.3 Å². The van der Waals surface area contributed by atoms with Gasteiger partial charge < -0.3 is 11.1 Å². The van der Waals surface area contributed by atoms with Gasteiger partial charge in [0.15, 0.2) is 5.65 Å². The number of rotatable bonds is 2. The van der Waals surface area contributed by atoms with E-state index in [1.54, 1.807) is 12.1 Å². The fourth-order valence-electron chi connectivity index (χ4n) is 3.16. The maximum atomic E-state index is 13.6. The molecule has 0 aliphatic heterocycles. The van der Waals surface area contributed by atoms with Crippen LogP contribution < -0.4 is 11.1 Å². The van der Waals surface area contributed by atoms with Crippen molar-refractivity contribution in [3.63, 3.8) is 0 Å². The number of anilines is 2. The molecule has 1 atom stereocenters. The van der Waals surface area contributed by atoms with Crippen LogP contribution in [0.4, 0.5) is 16.0 Å². The molecule has 1 unspecified atom stereocenters. The van der Waals surface area contributed by atoms with E-state index in [1.165, 1.54) is 18.0 Å². The predicted octanol–water partition coefficient (Wildman–Crippen LogP) is 3.24. The van der Waals surface area contributed by atoms with E-state index in [9.17, 15) is 4.39 Å². The molecule has 1 aromatic carbocycles. The van der Waals surface area contributed by atoms with Crippen molar-refractivity contribution >= 4 is 22.7 Å². The Morgan fingerprint density at radius 1 is 1.17 bits per heavy atom. The molecule has 0 spiro atoms. The van der Waals surface area contributed by atoms with Crippen molar-refractivity contribution in [3.8, 4) is 0 Å². The summed E-state index contributed by atoms with van der Waals surface area (Å²) in [6.07, 6.45) is 4.44. The van der Waals surface area contributed by atoms with Crippen LogP contribution in [0.25, 0.3) is 11.0 Å². The second kappa shape index (κ2) is 5.46. The zero-order valence-corrected chi connectivity index (χ0v) is 12.5. The SMILES string of the molecule is Nc1ccc2c(NC3CCCc4ccc(F)cc43)ncnc2n1. The summed E-state index contributed by atoms with van der Waals surface area (Å²) in [5.41, 5.74) is 8.45. The molecule has 5 nitrogen and oxygen atoms in total. The van der Waals surface area contributed by atoms with Crippen LogP contribution >= 0.6 is 0 Å². The topological polar surface area (TPSA) is 76.7 Å². The molecule has 2 heterocycles. The van der Waals surface area contributed by atoms with E-state index < -0.39 is 0 Å². The molecule has 2 aromatic heterocycles. The molecule has 0 bridgehead atoms. The first kappa shape index (κ1) is 13.9. The Bertz CT molecular complexity index is 880. The highest BCUT2D eigenvalue weighted by Gasteiger charge is 2.21. The summed E-state index contributed by atoms with van der Waals surface area (Å²) in [6, 6.07) is 8.63. The number of nitrogens with zero attached hydrogens (tertiary/aromatic N) is 3. The van der Waals surface area contributed by atoms with Crippen LogP contribution in [0, 0.1) is 5.82 Å². The highest BCUT2D eigenvalue weighted by molar-refractivity contribution is 5.87. The average molecular weight is 309 g/mol. The van der Waals surface area contributed by atoms with Crippen molar-refractivity contribution in [3.05, 3.63) is 53.6 Å².